The predicted octanol–water partition coefficient (Wildman–Crippen LogP) is 0.663. The lowest BCUT2D eigenvalue weighted by Gasteiger charge is -2.25. The largest absolute Gasteiger partial charge is 0.481 e. The van der Waals surface area contributed by atoms with Crippen molar-refractivity contribution in [3.05, 3.63) is 35.9 Å². The molecule has 1 N–H and O–H groups in total. The van der Waals surface area contributed by atoms with E-state index in [0.29, 0.717) is 0 Å². The van der Waals surface area contributed by atoms with E-state index in [4.69, 9.17) is 10.4 Å². The number of nitrogens with zero attached hydrogens (tertiary/aromatic N) is 3. The zero-order valence-electron chi connectivity index (χ0n) is 11.6. The summed E-state index contributed by atoms with van der Waals surface area (Å²) >= 11 is 0. The maximum Gasteiger partial charge on any atom is 0.304 e. The summed E-state index contributed by atoms with van der Waals surface area (Å²) in [6.45, 7) is -0.378. The van der Waals surface area contributed by atoms with Crippen molar-refractivity contribution in [3.63, 3.8) is 0 Å². The van der Waals surface area contributed by atoms with Gasteiger partial charge in [-0.05, 0) is 5.56 Å². The highest BCUT2D eigenvalue weighted by Crippen LogP contribution is 2.12. The Morgan fingerprint density at radius 3 is 2.48 bits per heavy atom. The molecule has 0 heterocycles. The van der Waals surface area contributed by atoms with Crippen molar-refractivity contribution in [1.82, 2.24) is 8.61 Å². The first-order valence-electron chi connectivity index (χ1n) is 6.22. The van der Waals surface area contributed by atoms with Crippen LogP contribution in [0.5, 0.6) is 0 Å². The minimum atomic E-state index is -3.88. The van der Waals surface area contributed by atoms with Gasteiger partial charge in [0.15, 0.2) is 0 Å². The molecular weight excluding hydrogens is 294 g/mol. The highest BCUT2D eigenvalue weighted by molar-refractivity contribution is 7.86. The molecule has 0 aliphatic rings. The molecule has 8 heteroatoms. The summed E-state index contributed by atoms with van der Waals surface area (Å²) in [5, 5.41) is 17.4. The van der Waals surface area contributed by atoms with Crippen LogP contribution in [-0.4, -0.2) is 48.2 Å². The molecule has 0 fully saturated rings. The minimum absolute atomic E-state index is 0.0636. The van der Waals surface area contributed by atoms with Gasteiger partial charge in [-0.25, -0.2) is 0 Å². The average molecular weight is 311 g/mol. The number of carboxylic acid groups (broad SMARTS) is 1. The summed E-state index contributed by atoms with van der Waals surface area (Å²) in [6, 6.07) is 10.7. The predicted molar refractivity (Wildman–Crippen MR) is 76.3 cm³/mol. The highest BCUT2D eigenvalue weighted by Gasteiger charge is 2.27. The fourth-order valence-electron chi connectivity index (χ4n) is 1.65. The summed E-state index contributed by atoms with van der Waals surface area (Å²) in [4.78, 5) is 10.5. The summed E-state index contributed by atoms with van der Waals surface area (Å²) in [5.74, 6) is -1.08. The number of benzene rings is 1. The van der Waals surface area contributed by atoms with Crippen LogP contribution in [-0.2, 0) is 21.5 Å². The van der Waals surface area contributed by atoms with Gasteiger partial charge in [-0.2, -0.15) is 22.3 Å². The number of hydrogen-bond acceptors (Lipinski definition) is 4. The Bertz CT molecular complexity index is 610. The molecule has 0 aliphatic heterocycles. The van der Waals surface area contributed by atoms with E-state index in [0.717, 1.165) is 14.2 Å². The average Bonchev–Trinajstić information content (AvgIpc) is 2.45. The molecule has 21 heavy (non-hydrogen) atoms. The second-order valence-corrected chi connectivity index (χ2v) is 6.42. The molecule has 0 unspecified atom stereocenters. The summed E-state index contributed by atoms with van der Waals surface area (Å²) in [6.07, 6.45) is -0.290. The number of hydrogen-bond donors (Lipinski definition) is 1. The molecular formula is C13H17N3O4S. The summed E-state index contributed by atoms with van der Waals surface area (Å²) in [5.41, 5.74) is 0.753. The van der Waals surface area contributed by atoms with Crippen molar-refractivity contribution in [1.29, 1.82) is 5.26 Å². The molecule has 0 bridgehead atoms. The molecule has 0 amide bonds. The Morgan fingerprint density at radius 2 is 1.95 bits per heavy atom. The van der Waals surface area contributed by atoms with Crippen LogP contribution in [0, 0.1) is 11.3 Å². The van der Waals surface area contributed by atoms with Crippen LogP contribution in [0.4, 0.5) is 0 Å². The van der Waals surface area contributed by atoms with Crippen molar-refractivity contribution >= 4 is 16.2 Å². The van der Waals surface area contributed by atoms with E-state index in [-0.39, 0.29) is 26.1 Å². The molecule has 114 valence electrons. The Balaban J connectivity index is 2.87. The number of nitriles is 1. The highest BCUT2D eigenvalue weighted by atomic mass is 32.2. The quantitative estimate of drug-likeness (QED) is 0.711. The Hall–Kier alpha value is -1.95. The molecule has 1 aromatic rings. The maximum atomic E-state index is 12.3. The van der Waals surface area contributed by atoms with Crippen LogP contribution >= 0.6 is 0 Å². The summed E-state index contributed by atoms with van der Waals surface area (Å²) < 4.78 is 26.7. The molecule has 0 radical (unpaired) electrons. The lowest BCUT2D eigenvalue weighted by Crippen LogP contribution is -2.42. The zero-order valence-corrected chi connectivity index (χ0v) is 12.5. The smallest absolute Gasteiger partial charge is 0.304 e. The van der Waals surface area contributed by atoms with E-state index < -0.39 is 16.2 Å². The zero-order chi connectivity index (χ0) is 15.9. The first-order valence-corrected chi connectivity index (χ1v) is 7.61. The fourth-order valence-corrected chi connectivity index (χ4v) is 2.90. The number of rotatable bonds is 8. The first kappa shape index (κ1) is 17.1. The van der Waals surface area contributed by atoms with Crippen LogP contribution in [0.1, 0.15) is 12.0 Å². The Labute approximate surface area is 124 Å². The van der Waals surface area contributed by atoms with Gasteiger partial charge in [-0.15, -0.1) is 0 Å². The lowest BCUT2D eigenvalue weighted by molar-refractivity contribution is -0.137. The van der Waals surface area contributed by atoms with Crippen LogP contribution in [0.2, 0.25) is 0 Å². The fraction of sp³-hybridized carbons (Fsp3) is 0.385. The van der Waals surface area contributed by atoms with E-state index in [1.807, 2.05) is 12.1 Å². The van der Waals surface area contributed by atoms with Gasteiger partial charge in [0.1, 0.15) is 6.54 Å². The molecule has 0 aromatic heterocycles. The van der Waals surface area contributed by atoms with Gasteiger partial charge >= 0.3 is 5.97 Å². The van der Waals surface area contributed by atoms with E-state index in [1.54, 1.807) is 24.3 Å². The molecule has 0 atom stereocenters. The monoisotopic (exact) mass is 311 g/mol. The number of carboxylic acids is 1. The first-order chi connectivity index (χ1) is 9.87. The lowest BCUT2D eigenvalue weighted by atomic mass is 10.2. The second kappa shape index (κ2) is 7.73. The van der Waals surface area contributed by atoms with Gasteiger partial charge in [0.25, 0.3) is 10.2 Å². The third-order valence-electron chi connectivity index (χ3n) is 2.81. The van der Waals surface area contributed by atoms with E-state index in [1.165, 1.54) is 7.05 Å². The molecule has 1 rings (SSSR count). The van der Waals surface area contributed by atoms with Crippen molar-refractivity contribution in [2.75, 3.05) is 20.1 Å². The van der Waals surface area contributed by atoms with Gasteiger partial charge in [0.05, 0.1) is 12.5 Å². The molecule has 0 saturated carbocycles. The minimum Gasteiger partial charge on any atom is -0.481 e. The van der Waals surface area contributed by atoms with E-state index in [9.17, 15) is 13.2 Å². The topological polar surface area (TPSA) is 102 Å². The van der Waals surface area contributed by atoms with Gasteiger partial charge < -0.3 is 5.11 Å². The van der Waals surface area contributed by atoms with Crippen LogP contribution in [0.15, 0.2) is 30.3 Å². The van der Waals surface area contributed by atoms with Gasteiger partial charge in [0.2, 0.25) is 0 Å². The van der Waals surface area contributed by atoms with Crippen molar-refractivity contribution in [3.8, 4) is 6.07 Å². The third kappa shape index (κ3) is 5.15. The Morgan fingerprint density at radius 1 is 1.33 bits per heavy atom. The second-order valence-electron chi connectivity index (χ2n) is 4.38. The van der Waals surface area contributed by atoms with Crippen molar-refractivity contribution in [2.45, 2.75) is 13.0 Å². The van der Waals surface area contributed by atoms with E-state index in [2.05, 4.69) is 0 Å². The normalized spacial score (nSPS) is 11.5. The third-order valence-corrected chi connectivity index (χ3v) is 4.69. The van der Waals surface area contributed by atoms with E-state index >= 15 is 0 Å². The van der Waals surface area contributed by atoms with Crippen molar-refractivity contribution < 1.29 is 18.3 Å². The maximum absolute atomic E-state index is 12.3. The molecule has 0 saturated heterocycles. The standard InChI is InChI=1S/C13H17N3O4S/c1-15(9-7-13(17)18)21(19,20)16(10-8-14)11-12-5-3-2-4-6-12/h2-6H,7,9-11H2,1H3,(H,17,18). The molecule has 7 nitrogen and oxygen atoms in total. The molecule has 1 aromatic carbocycles. The summed E-state index contributed by atoms with van der Waals surface area (Å²) in [7, 11) is -2.58. The van der Waals surface area contributed by atoms with Gasteiger partial charge in [-0.1, -0.05) is 30.3 Å². The molecule has 0 spiro atoms. The Kier molecular flexibility index (Phi) is 6.30. The van der Waals surface area contributed by atoms with Crippen LogP contribution < -0.4 is 0 Å². The van der Waals surface area contributed by atoms with Gasteiger partial charge in [0, 0.05) is 20.1 Å². The van der Waals surface area contributed by atoms with Crippen LogP contribution in [0.25, 0.3) is 0 Å². The number of carbonyl (C=O) groups is 1. The van der Waals surface area contributed by atoms with Crippen LogP contribution in [0.3, 0.4) is 0 Å². The van der Waals surface area contributed by atoms with Crippen molar-refractivity contribution in [2.24, 2.45) is 0 Å². The SMILES string of the molecule is CN(CCC(=O)O)S(=O)(=O)N(CC#N)Cc1ccccc1. The molecule has 0 aliphatic carbocycles. The number of aliphatic carboxylic acids is 1. The van der Waals surface area contributed by atoms with Gasteiger partial charge in [-0.3, -0.25) is 4.79 Å².